The van der Waals surface area contributed by atoms with E-state index in [-0.39, 0.29) is 6.42 Å². The zero-order valence-corrected chi connectivity index (χ0v) is 9.08. The van der Waals surface area contributed by atoms with Crippen LogP contribution in [0.5, 0.6) is 0 Å². The van der Waals surface area contributed by atoms with E-state index in [2.05, 4.69) is 10.3 Å². The summed E-state index contributed by atoms with van der Waals surface area (Å²) >= 11 is 0. The van der Waals surface area contributed by atoms with Gasteiger partial charge in [0.05, 0.1) is 6.04 Å². The standard InChI is InChI=1S/C10H17F2N3/c1-3-13-8(10(11)12)7-9-14-5-6-15(9)4-2/h5-6,8,10,13H,3-4,7H2,1-2H3. The summed E-state index contributed by atoms with van der Waals surface area (Å²) in [7, 11) is 0. The molecule has 15 heavy (non-hydrogen) atoms. The minimum atomic E-state index is -2.35. The predicted octanol–water partition coefficient (Wildman–Crippen LogP) is 1.69. The quantitative estimate of drug-likeness (QED) is 0.785. The molecule has 1 aromatic heterocycles. The molecule has 1 aromatic rings. The van der Waals surface area contributed by atoms with Crippen molar-refractivity contribution in [2.45, 2.75) is 39.3 Å². The molecule has 1 unspecified atom stereocenters. The fourth-order valence-corrected chi connectivity index (χ4v) is 1.53. The fraction of sp³-hybridized carbons (Fsp3) is 0.700. The van der Waals surface area contributed by atoms with Crippen LogP contribution in [0.1, 0.15) is 19.7 Å². The predicted molar refractivity (Wildman–Crippen MR) is 55.1 cm³/mol. The van der Waals surface area contributed by atoms with E-state index < -0.39 is 12.5 Å². The van der Waals surface area contributed by atoms with Crippen LogP contribution in [-0.2, 0) is 13.0 Å². The lowest BCUT2D eigenvalue weighted by molar-refractivity contribution is 0.0977. The smallest absolute Gasteiger partial charge is 0.254 e. The molecule has 1 N–H and O–H groups in total. The summed E-state index contributed by atoms with van der Waals surface area (Å²) in [6.45, 7) is 5.09. The lowest BCUT2D eigenvalue weighted by atomic mass is 10.2. The third kappa shape index (κ3) is 3.27. The average Bonchev–Trinajstić information content (AvgIpc) is 2.64. The van der Waals surface area contributed by atoms with E-state index in [1.165, 1.54) is 0 Å². The number of halogens is 2. The first-order valence-corrected chi connectivity index (χ1v) is 5.20. The molecule has 0 saturated carbocycles. The lowest BCUT2D eigenvalue weighted by Crippen LogP contribution is -2.38. The molecular formula is C10H17F2N3. The number of alkyl halides is 2. The van der Waals surface area contributed by atoms with E-state index in [0.29, 0.717) is 12.4 Å². The highest BCUT2D eigenvalue weighted by atomic mass is 19.3. The number of hydrogen-bond acceptors (Lipinski definition) is 2. The molecule has 1 atom stereocenters. The maximum atomic E-state index is 12.6. The van der Waals surface area contributed by atoms with Gasteiger partial charge in [0, 0.05) is 25.4 Å². The van der Waals surface area contributed by atoms with Crippen LogP contribution in [0.2, 0.25) is 0 Å². The second kappa shape index (κ2) is 5.80. The molecule has 0 spiro atoms. The molecule has 5 heteroatoms. The monoisotopic (exact) mass is 217 g/mol. The Morgan fingerprint density at radius 3 is 2.73 bits per heavy atom. The van der Waals surface area contributed by atoms with Crippen LogP contribution < -0.4 is 5.32 Å². The highest BCUT2D eigenvalue weighted by Gasteiger charge is 2.21. The van der Waals surface area contributed by atoms with Crippen molar-refractivity contribution in [3.63, 3.8) is 0 Å². The largest absolute Gasteiger partial charge is 0.335 e. The Balaban J connectivity index is 2.65. The van der Waals surface area contributed by atoms with Crippen LogP contribution in [0, 0.1) is 0 Å². The van der Waals surface area contributed by atoms with Gasteiger partial charge in [-0.25, -0.2) is 13.8 Å². The minimum absolute atomic E-state index is 0.270. The van der Waals surface area contributed by atoms with Gasteiger partial charge < -0.3 is 9.88 Å². The van der Waals surface area contributed by atoms with Gasteiger partial charge in [0.15, 0.2) is 0 Å². The Kier molecular flexibility index (Phi) is 4.68. The van der Waals surface area contributed by atoms with E-state index in [9.17, 15) is 8.78 Å². The number of hydrogen-bond donors (Lipinski definition) is 1. The molecular weight excluding hydrogens is 200 g/mol. The maximum absolute atomic E-state index is 12.6. The molecule has 0 aliphatic heterocycles. The number of aryl methyl sites for hydroxylation is 1. The van der Waals surface area contributed by atoms with Crippen LogP contribution in [0.3, 0.4) is 0 Å². The van der Waals surface area contributed by atoms with Gasteiger partial charge in [-0.1, -0.05) is 6.92 Å². The molecule has 86 valence electrons. The van der Waals surface area contributed by atoms with E-state index in [4.69, 9.17) is 0 Å². The summed E-state index contributed by atoms with van der Waals surface area (Å²) in [5.74, 6) is 0.712. The Bertz CT molecular complexity index is 286. The topological polar surface area (TPSA) is 29.9 Å². The molecule has 3 nitrogen and oxygen atoms in total. The van der Waals surface area contributed by atoms with Gasteiger partial charge in [0.2, 0.25) is 0 Å². The van der Waals surface area contributed by atoms with Crippen molar-refractivity contribution in [3.05, 3.63) is 18.2 Å². The number of rotatable bonds is 6. The number of imidazole rings is 1. The minimum Gasteiger partial charge on any atom is -0.335 e. The van der Waals surface area contributed by atoms with Crippen molar-refractivity contribution in [3.8, 4) is 0 Å². The van der Waals surface area contributed by atoms with Gasteiger partial charge in [0.25, 0.3) is 6.43 Å². The summed E-state index contributed by atoms with van der Waals surface area (Å²) in [6.07, 6.45) is 1.37. The highest BCUT2D eigenvalue weighted by Crippen LogP contribution is 2.08. The molecule has 1 rings (SSSR count). The van der Waals surface area contributed by atoms with Crippen LogP contribution in [0.15, 0.2) is 12.4 Å². The van der Waals surface area contributed by atoms with Gasteiger partial charge in [-0.3, -0.25) is 0 Å². The molecule has 0 amide bonds. The maximum Gasteiger partial charge on any atom is 0.254 e. The van der Waals surface area contributed by atoms with Crippen molar-refractivity contribution in [1.29, 1.82) is 0 Å². The molecule has 0 bridgehead atoms. The average molecular weight is 217 g/mol. The second-order valence-corrected chi connectivity index (χ2v) is 3.33. The third-order valence-corrected chi connectivity index (χ3v) is 2.32. The first kappa shape index (κ1) is 12.1. The Labute approximate surface area is 88.5 Å². The van der Waals surface area contributed by atoms with Crippen molar-refractivity contribution in [2.24, 2.45) is 0 Å². The number of likely N-dealkylation sites (N-methyl/N-ethyl adjacent to an activating group) is 1. The van der Waals surface area contributed by atoms with Crippen molar-refractivity contribution >= 4 is 0 Å². The number of aromatic nitrogens is 2. The highest BCUT2D eigenvalue weighted by molar-refractivity contribution is 4.96. The molecule has 0 aromatic carbocycles. The number of nitrogens with zero attached hydrogens (tertiary/aromatic N) is 2. The van der Waals surface area contributed by atoms with Crippen LogP contribution in [-0.4, -0.2) is 28.6 Å². The molecule has 0 radical (unpaired) electrons. The van der Waals surface area contributed by atoms with Gasteiger partial charge >= 0.3 is 0 Å². The second-order valence-electron chi connectivity index (χ2n) is 3.33. The lowest BCUT2D eigenvalue weighted by Gasteiger charge is -2.16. The van der Waals surface area contributed by atoms with Crippen molar-refractivity contribution < 1.29 is 8.78 Å². The SMILES string of the molecule is CCNC(Cc1nccn1CC)C(F)F. The van der Waals surface area contributed by atoms with Crippen molar-refractivity contribution in [1.82, 2.24) is 14.9 Å². The molecule has 0 fully saturated rings. The van der Waals surface area contributed by atoms with Gasteiger partial charge in [-0.05, 0) is 13.5 Å². The number of nitrogens with one attached hydrogen (secondary N) is 1. The summed E-state index contributed by atoms with van der Waals surface area (Å²) < 4.78 is 27.1. The first-order valence-electron chi connectivity index (χ1n) is 5.20. The van der Waals surface area contributed by atoms with E-state index in [0.717, 1.165) is 6.54 Å². The van der Waals surface area contributed by atoms with Gasteiger partial charge in [-0.15, -0.1) is 0 Å². The van der Waals surface area contributed by atoms with Crippen LogP contribution in [0.25, 0.3) is 0 Å². The Morgan fingerprint density at radius 2 is 2.20 bits per heavy atom. The third-order valence-electron chi connectivity index (χ3n) is 2.32. The first-order chi connectivity index (χ1) is 7.19. The zero-order valence-electron chi connectivity index (χ0n) is 9.08. The van der Waals surface area contributed by atoms with Crippen molar-refractivity contribution in [2.75, 3.05) is 6.54 Å². The van der Waals surface area contributed by atoms with E-state index in [1.807, 2.05) is 24.6 Å². The molecule has 0 saturated heterocycles. The normalized spacial score (nSPS) is 13.4. The van der Waals surface area contributed by atoms with Crippen LogP contribution in [0.4, 0.5) is 8.78 Å². The zero-order chi connectivity index (χ0) is 11.3. The molecule has 0 aliphatic carbocycles. The summed E-state index contributed by atoms with van der Waals surface area (Å²) in [4.78, 5) is 4.08. The fourth-order valence-electron chi connectivity index (χ4n) is 1.53. The van der Waals surface area contributed by atoms with E-state index in [1.54, 1.807) is 6.20 Å². The van der Waals surface area contributed by atoms with Gasteiger partial charge in [-0.2, -0.15) is 0 Å². The van der Waals surface area contributed by atoms with Crippen LogP contribution >= 0.6 is 0 Å². The van der Waals surface area contributed by atoms with E-state index >= 15 is 0 Å². The molecule has 1 heterocycles. The Morgan fingerprint density at radius 1 is 1.47 bits per heavy atom. The van der Waals surface area contributed by atoms with Gasteiger partial charge in [0.1, 0.15) is 5.82 Å². The summed E-state index contributed by atoms with van der Waals surface area (Å²) in [5, 5.41) is 2.77. The Hall–Kier alpha value is -0.970. The summed E-state index contributed by atoms with van der Waals surface area (Å²) in [5.41, 5.74) is 0. The summed E-state index contributed by atoms with van der Waals surface area (Å²) in [6, 6.07) is -0.803. The molecule has 0 aliphatic rings.